The van der Waals surface area contributed by atoms with Crippen molar-refractivity contribution in [2.75, 3.05) is 85.3 Å². The second kappa shape index (κ2) is 41.6. The summed E-state index contributed by atoms with van der Waals surface area (Å²) in [6.45, 7) is 27.8. The minimum absolute atomic E-state index is 0. The summed E-state index contributed by atoms with van der Waals surface area (Å²) in [5.41, 5.74) is 7.79. The van der Waals surface area contributed by atoms with E-state index in [1.165, 1.54) is 9.80 Å². The van der Waals surface area contributed by atoms with E-state index in [9.17, 15) is 33.6 Å². The molecule has 4 amide bonds. The molecule has 0 radical (unpaired) electrons. The fourth-order valence-electron chi connectivity index (χ4n) is 3.47. The molecule has 0 aliphatic rings. The lowest BCUT2D eigenvalue weighted by molar-refractivity contribution is -0.144. The standard InChI is InChI=1S/C17H32N2O6.C14H28N2O5.C6H15N3O2.C3H6O2.3ClH/c1-8-13(20)23-12-11-19(15(22)25-17(5,6)7)10-9-18-14(21)24-16(2,3)4;1-13(2,3)20-11(18)15-7-8-16(9-10-17)12(19)21-14(4,5)6;7-1-2-9-3-4-11-6(10)5-8;1-2-3(4)5;;;/h8-12H2,1-7H3,(H,18,21);17H,7-10H2,1-6H3,(H,15,18);9H,1-5,7-8H2;2H2,1H3,(H,4,5);3*1H. The monoisotopic (exact) mass is 1010 g/mol. The van der Waals surface area contributed by atoms with Crippen LogP contribution < -0.4 is 27.4 Å². The number of carbonyl (C=O) groups is 7. The SMILES string of the molecule is CC(C)(C)OC(=O)NCCN(CCO)C(=O)OC(C)(C)C.CCC(=O)O.CCC(=O)OCCN(CCNC(=O)OC(C)(C)C)C(=O)OC(C)(C)C.Cl.Cl.Cl.NCCNCCOC(=O)CN. The highest BCUT2D eigenvalue weighted by Crippen LogP contribution is 2.11. The minimum atomic E-state index is -0.745. The Bertz CT molecular complexity index is 1290. The number of carboxylic acid groups (broad SMARTS) is 1. The van der Waals surface area contributed by atoms with Crippen molar-refractivity contribution in [3.8, 4) is 0 Å². The van der Waals surface area contributed by atoms with Crippen LogP contribution in [0.3, 0.4) is 0 Å². The Morgan fingerprint density at radius 3 is 1.20 bits per heavy atom. The van der Waals surface area contributed by atoms with Gasteiger partial charge in [0.25, 0.3) is 0 Å². The second-order valence-electron chi connectivity index (χ2n) is 16.8. The van der Waals surface area contributed by atoms with E-state index in [0.29, 0.717) is 19.7 Å². The lowest BCUT2D eigenvalue weighted by Gasteiger charge is -2.27. The van der Waals surface area contributed by atoms with Gasteiger partial charge in [0.15, 0.2) is 0 Å². The summed E-state index contributed by atoms with van der Waals surface area (Å²) in [6.07, 6.45) is -1.68. The van der Waals surface area contributed by atoms with Gasteiger partial charge in [-0.2, -0.15) is 0 Å². The van der Waals surface area contributed by atoms with Crippen LogP contribution in [0.5, 0.6) is 0 Å². The number of carboxylic acids is 1. The number of nitrogens with zero attached hydrogens (tertiary/aromatic N) is 2. The van der Waals surface area contributed by atoms with Crippen LogP contribution in [0.1, 0.15) is 110 Å². The van der Waals surface area contributed by atoms with Gasteiger partial charge in [0.2, 0.25) is 0 Å². The van der Waals surface area contributed by atoms with Crippen LogP contribution in [0.25, 0.3) is 0 Å². The number of halogens is 3. The predicted molar refractivity (Wildman–Crippen MR) is 254 cm³/mol. The van der Waals surface area contributed by atoms with Crippen molar-refractivity contribution in [3.63, 3.8) is 0 Å². The van der Waals surface area contributed by atoms with E-state index in [1.807, 2.05) is 0 Å². The van der Waals surface area contributed by atoms with Gasteiger partial charge in [0.05, 0.1) is 19.7 Å². The van der Waals surface area contributed by atoms with Crippen molar-refractivity contribution in [3.05, 3.63) is 0 Å². The van der Waals surface area contributed by atoms with Crippen LogP contribution in [0.15, 0.2) is 0 Å². The van der Waals surface area contributed by atoms with Crippen molar-refractivity contribution in [1.29, 1.82) is 0 Å². The molecule has 0 unspecified atom stereocenters. The molecule has 0 saturated heterocycles. The van der Waals surface area contributed by atoms with Gasteiger partial charge in [-0.25, -0.2) is 19.2 Å². The van der Waals surface area contributed by atoms with E-state index in [4.69, 9.17) is 45.4 Å². The molecule has 0 saturated carbocycles. The summed E-state index contributed by atoms with van der Waals surface area (Å²) in [7, 11) is 0. The molecule has 65 heavy (non-hydrogen) atoms. The molecule has 390 valence electrons. The summed E-state index contributed by atoms with van der Waals surface area (Å²) >= 11 is 0. The zero-order valence-corrected chi connectivity index (χ0v) is 43.5. The Morgan fingerprint density at radius 1 is 0.523 bits per heavy atom. The summed E-state index contributed by atoms with van der Waals surface area (Å²) in [4.78, 5) is 81.0. The molecule has 0 aromatic rings. The first-order valence-corrected chi connectivity index (χ1v) is 20.5. The Hall–Kier alpha value is -3.80. The highest BCUT2D eigenvalue weighted by Gasteiger charge is 2.24. The van der Waals surface area contributed by atoms with Crippen molar-refractivity contribution >= 4 is 79.5 Å². The third-order valence-corrected chi connectivity index (χ3v) is 6.02. The van der Waals surface area contributed by atoms with Crippen LogP contribution >= 0.6 is 37.2 Å². The average Bonchev–Trinajstić information content (AvgIpc) is 3.11. The van der Waals surface area contributed by atoms with Crippen LogP contribution in [-0.4, -0.2) is 170 Å². The average molecular weight is 1010 g/mol. The number of esters is 2. The summed E-state index contributed by atoms with van der Waals surface area (Å²) in [5, 5.41) is 24.8. The lowest BCUT2D eigenvalue weighted by Crippen LogP contribution is -2.43. The van der Waals surface area contributed by atoms with E-state index in [1.54, 1.807) is 96.9 Å². The minimum Gasteiger partial charge on any atom is -0.481 e. The lowest BCUT2D eigenvalue weighted by atomic mass is 10.2. The first-order chi connectivity index (χ1) is 28.4. The molecule has 0 aliphatic carbocycles. The number of alkyl carbamates (subject to hydrolysis) is 2. The number of nitrogens with one attached hydrogen (secondary N) is 3. The zero-order chi connectivity index (χ0) is 49.2. The molecule has 0 atom stereocenters. The molecule has 0 aromatic carbocycles. The number of nitrogens with two attached hydrogens (primary N) is 2. The highest BCUT2D eigenvalue weighted by molar-refractivity contribution is 5.86. The maximum absolute atomic E-state index is 12.2. The quantitative estimate of drug-likeness (QED) is 0.0541. The number of amides is 4. The Balaban J connectivity index is -0.000000152. The normalized spacial score (nSPS) is 10.4. The number of ether oxygens (including phenoxy) is 6. The Kier molecular flexibility index (Phi) is 48.3. The molecular weight excluding hydrogens is 925 g/mol. The van der Waals surface area contributed by atoms with Gasteiger partial charge in [0, 0.05) is 65.2 Å². The summed E-state index contributed by atoms with van der Waals surface area (Å²) in [6, 6.07) is 0. The number of carbonyl (C=O) groups excluding carboxylic acids is 6. The van der Waals surface area contributed by atoms with Gasteiger partial charge >= 0.3 is 42.3 Å². The van der Waals surface area contributed by atoms with Crippen LogP contribution in [0.2, 0.25) is 0 Å². The number of hydrogen-bond acceptors (Lipinski definition) is 17. The van der Waals surface area contributed by atoms with Gasteiger partial charge in [-0.05, 0) is 83.1 Å². The Morgan fingerprint density at radius 2 is 0.892 bits per heavy atom. The highest BCUT2D eigenvalue weighted by atomic mass is 35.5. The van der Waals surface area contributed by atoms with Crippen molar-refractivity contribution < 1.29 is 72.2 Å². The fraction of sp³-hybridized carbons (Fsp3) is 0.825. The van der Waals surface area contributed by atoms with Gasteiger partial charge in [-0.1, -0.05) is 13.8 Å². The predicted octanol–water partition coefficient (Wildman–Crippen LogP) is 4.22. The smallest absolute Gasteiger partial charge is 0.410 e. The molecule has 0 bridgehead atoms. The third-order valence-electron chi connectivity index (χ3n) is 6.02. The maximum atomic E-state index is 12.2. The Labute approximate surface area is 405 Å². The molecule has 0 spiro atoms. The summed E-state index contributed by atoms with van der Waals surface area (Å²) < 4.78 is 30.4. The number of aliphatic carboxylic acids is 1. The van der Waals surface area contributed by atoms with Crippen molar-refractivity contribution in [2.24, 2.45) is 11.5 Å². The van der Waals surface area contributed by atoms with E-state index >= 15 is 0 Å². The molecule has 0 aliphatic heterocycles. The molecular formula is C40H84Cl3N7O15. The van der Waals surface area contributed by atoms with E-state index < -0.39 is 52.7 Å². The maximum Gasteiger partial charge on any atom is 0.410 e. The summed E-state index contributed by atoms with van der Waals surface area (Å²) in [5.74, 6) is -1.46. The number of hydrogen-bond donors (Lipinski definition) is 7. The molecule has 0 aromatic heterocycles. The number of aliphatic hydroxyl groups excluding tert-OH is 1. The molecule has 0 fully saturated rings. The molecule has 9 N–H and O–H groups in total. The number of aliphatic hydroxyl groups is 1. The van der Waals surface area contributed by atoms with Crippen molar-refractivity contribution in [2.45, 2.75) is 132 Å². The van der Waals surface area contributed by atoms with Gasteiger partial charge < -0.3 is 75.9 Å². The molecule has 22 nitrogen and oxygen atoms in total. The van der Waals surface area contributed by atoms with Gasteiger partial charge in [-0.15, -0.1) is 37.2 Å². The van der Waals surface area contributed by atoms with E-state index in [-0.39, 0.29) is 121 Å². The molecule has 25 heteroatoms. The fourth-order valence-corrected chi connectivity index (χ4v) is 3.47. The first kappa shape index (κ1) is 75.5. The van der Waals surface area contributed by atoms with Gasteiger partial charge in [0.1, 0.15) is 35.6 Å². The van der Waals surface area contributed by atoms with Crippen LogP contribution in [0, 0.1) is 0 Å². The zero-order valence-electron chi connectivity index (χ0n) is 41.1. The first-order valence-electron chi connectivity index (χ1n) is 20.5. The van der Waals surface area contributed by atoms with E-state index in [0.717, 1.165) is 6.54 Å². The third kappa shape index (κ3) is 60.2. The van der Waals surface area contributed by atoms with E-state index in [2.05, 4.69) is 20.7 Å². The number of rotatable bonds is 19. The molecule has 0 rings (SSSR count). The largest absolute Gasteiger partial charge is 0.481 e. The second-order valence-corrected chi connectivity index (χ2v) is 16.8. The van der Waals surface area contributed by atoms with Crippen molar-refractivity contribution in [1.82, 2.24) is 25.8 Å². The topological polar surface area (TPSA) is 310 Å². The van der Waals surface area contributed by atoms with Crippen LogP contribution in [0.4, 0.5) is 19.2 Å². The van der Waals surface area contributed by atoms with Crippen LogP contribution in [-0.2, 0) is 42.8 Å². The van der Waals surface area contributed by atoms with Gasteiger partial charge in [-0.3, -0.25) is 14.4 Å². The molecule has 0 heterocycles.